The fourth-order valence-corrected chi connectivity index (χ4v) is 3.39. The van der Waals surface area contributed by atoms with Crippen molar-refractivity contribution in [2.75, 3.05) is 5.32 Å². The number of hydrogen-bond acceptors (Lipinski definition) is 5. The zero-order chi connectivity index (χ0) is 18.5. The second-order valence-corrected chi connectivity index (χ2v) is 6.83. The maximum absolute atomic E-state index is 13.0. The Bertz CT molecular complexity index is 924. The van der Waals surface area contributed by atoms with Gasteiger partial charge < -0.3 is 9.88 Å². The molecule has 0 aliphatic carbocycles. The van der Waals surface area contributed by atoms with E-state index >= 15 is 0 Å². The van der Waals surface area contributed by atoms with E-state index in [1.165, 1.54) is 18.7 Å². The predicted octanol–water partition coefficient (Wildman–Crippen LogP) is 3.49. The van der Waals surface area contributed by atoms with Crippen LogP contribution in [0.15, 0.2) is 66.1 Å². The lowest BCUT2D eigenvalue weighted by Crippen LogP contribution is -2.19. The molecule has 26 heavy (non-hydrogen) atoms. The summed E-state index contributed by atoms with van der Waals surface area (Å²) in [4.78, 5) is 24.5. The summed E-state index contributed by atoms with van der Waals surface area (Å²) in [6.07, 6.45) is 1.60. The molecular weight excluding hydrogens is 348 g/mol. The minimum absolute atomic E-state index is 0.0471. The predicted molar refractivity (Wildman–Crippen MR) is 101 cm³/mol. The van der Waals surface area contributed by atoms with Crippen molar-refractivity contribution in [2.24, 2.45) is 7.05 Å². The third kappa shape index (κ3) is 4.18. The number of aromatic nitrogens is 3. The van der Waals surface area contributed by atoms with Crippen molar-refractivity contribution in [1.29, 1.82) is 0 Å². The number of thioether (sulfide) groups is 1. The van der Waals surface area contributed by atoms with Gasteiger partial charge in [0.15, 0.2) is 10.9 Å². The van der Waals surface area contributed by atoms with Crippen LogP contribution in [0.5, 0.6) is 0 Å². The zero-order valence-corrected chi connectivity index (χ0v) is 15.2. The highest BCUT2D eigenvalue weighted by Gasteiger charge is 2.24. The van der Waals surface area contributed by atoms with E-state index in [1.807, 2.05) is 37.4 Å². The summed E-state index contributed by atoms with van der Waals surface area (Å²) in [6.45, 7) is 1.50. The first-order valence-corrected chi connectivity index (χ1v) is 8.90. The Morgan fingerprint density at radius 2 is 1.88 bits per heavy atom. The number of aryl methyl sites for hydroxylation is 1. The van der Waals surface area contributed by atoms with Crippen molar-refractivity contribution in [3.63, 3.8) is 0 Å². The van der Waals surface area contributed by atoms with Gasteiger partial charge in [-0.2, -0.15) is 0 Å². The van der Waals surface area contributed by atoms with Crippen molar-refractivity contribution in [3.05, 3.63) is 72.1 Å². The Hall–Kier alpha value is -2.93. The number of nitrogens with zero attached hydrogens (tertiary/aromatic N) is 3. The molecule has 1 atom stereocenters. The SMILES string of the molecule is CC(=O)c1cccc(NC(=O)[C@H](Sc2nncn2C)c2ccccc2)c1. The fraction of sp³-hybridized carbons (Fsp3) is 0.158. The van der Waals surface area contributed by atoms with Crippen molar-refractivity contribution in [3.8, 4) is 0 Å². The Morgan fingerprint density at radius 3 is 2.54 bits per heavy atom. The molecule has 0 saturated heterocycles. The van der Waals surface area contributed by atoms with Gasteiger partial charge in [-0.15, -0.1) is 10.2 Å². The minimum Gasteiger partial charge on any atom is -0.325 e. The zero-order valence-electron chi connectivity index (χ0n) is 14.4. The Balaban J connectivity index is 1.86. The van der Waals surface area contributed by atoms with Crippen LogP contribution in [0.4, 0.5) is 5.69 Å². The first-order chi connectivity index (χ1) is 12.5. The summed E-state index contributed by atoms with van der Waals surface area (Å²) in [5, 5.41) is 11.0. The van der Waals surface area contributed by atoms with E-state index in [1.54, 1.807) is 35.2 Å². The molecule has 3 aromatic rings. The van der Waals surface area contributed by atoms with Gasteiger partial charge in [0.1, 0.15) is 11.6 Å². The number of amides is 1. The second kappa shape index (κ2) is 7.97. The largest absolute Gasteiger partial charge is 0.325 e. The number of Topliss-reactive ketones (excluding diaryl/α,β-unsaturated/α-hetero) is 1. The molecule has 0 aliphatic rings. The van der Waals surface area contributed by atoms with Crippen LogP contribution in [0.25, 0.3) is 0 Å². The molecule has 1 amide bonds. The van der Waals surface area contributed by atoms with Crippen LogP contribution in [0.1, 0.15) is 28.1 Å². The first kappa shape index (κ1) is 17.9. The van der Waals surface area contributed by atoms with E-state index in [-0.39, 0.29) is 11.7 Å². The first-order valence-electron chi connectivity index (χ1n) is 8.02. The molecule has 7 heteroatoms. The van der Waals surface area contributed by atoms with Gasteiger partial charge in [0.05, 0.1) is 0 Å². The molecule has 0 radical (unpaired) electrons. The number of hydrogen-bond donors (Lipinski definition) is 1. The molecule has 1 heterocycles. The van der Waals surface area contributed by atoms with Crippen LogP contribution in [-0.2, 0) is 11.8 Å². The highest BCUT2D eigenvalue weighted by Crippen LogP contribution is 2.34. The molecule has 0 bridgehead atoms. The summed E-state index contributed by atoms with van der Waals surface area (Å²) in [5.74, 6) is -0.237. The van der Waals surface area contributed by atoms with Gasteiger partial charge in [-0.3, -0.25) is 9.59 Å². The van der Waals surface area contributed by atoms with Gasteiger partial charge in [0.25, 0.3) is 0 Å². The molecule has 0 unspecified atom stereocenters. The van der Waals surface area contributed by atoms with Crippen LogP contribution in [0.3, 0.4) is 0 Å². The van der Waals surface area contributed by atoms with E-state index in [2.05, 4.69) is 15.5 Å². The van der Waals surface area contributed by atoms with E-state index in [0.717, 1.165) is 5.56 Å². The molecule has 6 nitrogen and oxygen atoms in total. The number of nitrogens with one attached hydrogen (secondary N) is 1. The third-order valence-electron chi connectivity index (χ3n) is 3.77. The van der Waals surface area contributed by atoms with Gasteiger partial charge in [0, 0.05) is 18.3 Å². The van der Waals surface area contributed by atoms with Gasteiger partial charge in [0.2, 0.25) is 5.91 Å². The van der Waals surface area contributed by atoms with E-state index in [9.17, 15) is 9.59 Å². The third-order valence-corrected chi connectivity index (χ3v) is 5.07. The van der Waals surface area contributed by atoms with E-state index in [4.69, 9.17) is 0 Å². The molecule has 1 aromatic heterocycles. The maximum Gasteiger partial charge on any atom is 0.242 e. The van der Waals surface area contributed by atoms with E-state index in [0.29, 0.717) is 16.4 Å². The number of anilines is 1. The molecular formula is C19H18N4O2S. The van der Waals surface area contributed by atoms with Crippen LogP contribution in [-0.4, -0.2) is 26.5 Å². The van der Waals surface area contributed by atoms with Crippen LogP contribution < -0.4 is 5.32 Å². The summed E-state index contributed by atoms with van der Waals surface area (Å²) < 4.78 is 1.77. The summed E-state index contributed by atoms with van der Waals surface area (Å²) in [6, 6.07) is 16.4. The Kier molecular flexibility index (Phi) is 5.48. The lowest BCUT2D eigenvalue weighted by Gasteiger charge is -2.16. The molecule has 1 N–H and O–H groups in total. The fourth-order valence-electron chi connectivity index (χ4n) is 2.41. The van der Waals surface area contributed by atoms with Crippen molar-refractivity contribution >= 4 is 29.1 Å². The van der Waals surface area contributed by atoms with Crippen LogP contribution in [0, 0.1) is 0 Å². The minimum atomic E-state index is -0.500. The average molecular weight is 366 g/mol. The Morgan fingerprint density at radius 1 is 1.12 bits per heavy atom. The maximum atomic E-state index is 13.0. The van der Waals surface area contributed by atoms with Crippen molar-refractivity contribution < 1.29 is 9.59 Å². The normalized spacial score (nSPS) is 11.8. The van der Waals surface area contributed by atoms with Crippen molar-refractivity contribution in [1.82, 2.24) is 14.8 Å². The highest BCUT2D eigenvalue weighted by atomic mass is 32.2. The molecule has 0 saturated carbocycles. The van der Waals surface area contributed by atoms with Gasteiger partial charge in [-0.25, -0.2) is 0 Å². The molecule has 0 spiro atoms. The summed E-state index contributed by atoms with van der Waals surface area (Å²) >= 11 is 1.32. The molecule has 0 aliphatic heterocycles. The quantitative estimate of drug-likeness (QED) is 0.534. The average Bonchev–Trinajstić information content (AvgIpc) is 3.05. The molecule has 2 aromatic carbocycles. The number of rotatable bonds is 6. The second-order valence-electron chi connectivity index (χ2n) is 5.76. The lowest BCUT2D eigenvalue weighted by molar-refractivity contribution is -0.115. The number of carbonyl (C=O) groups is 2. The van der Waals surface area contributed by atoms with Crippen LogP contribution in [0.2, 0.25) is 0 Å². The highest BCUT2D eigenvalue weighted by molar-refractivity contribution is 8.00. The van der Waals surface area contributed by atoms with Crippen molar-refractivity contribution in [2.45, 2.75) is 17.3 Å². The summed E-state index contributed by atoms with van der Waals surface area (Å²) in [5.41, 5.74) is 2.00. The lowest BCUT2D eigenvalue weighted by atomic mass is 10.1. The van der Waals surface area contributed by atoms with E-state index < -0.39 is 5.25 Å². The van der Waals surface area contributed by atoms with Gasteiger partial charge >= 0.3 is 0 Å². The number of ketones is 1. The number of benzene rings is 2. The standard InChI is InChI=1S/C19H18N4O2S/c1-13(24)15-9-6-10-16(11-15)21-18(25)17(14-7-4-3-5-8-14)26-19-22-20-12-23(19)2/h3-12,17H,1-2H3,(H,21,25)/t17-/m1/s1. The molecule has 132 valence electrons. The number of carbonyl (C=O) groups excluding carboxylic acids is 2. The van der Waals surface area contributed by atoms with Crippen LogP contribution >= 0.6 is 11.8 Å². The Labute approximate surface area is 155 Å². The smallest absolute Gasteiger partial charge is 0.242 e. The van der Waals surface area contributed by atoms with Gasteiger partial charge in [-0.05, 0) is 24.6 Å². The summed E-state index contributed by atoms with van der Waals surface area (Å²) in [7, 11) is 1.83. The molecule has 3 rings (SSSR count). The monoisotopic (exact) mass is 366 g/mol. The van der Waals surface area contributed by atoms with Gasteiger partial charge in [-0.1, -0.05) is 54.2 Å². The topological polar surface area (TPSA) is 76.9 Å². The molecule has 0 fully saturated rings.